The van der Waals surface area contributed by atoms with E-state index in [0.717, 1.165) is 51.4 Å². The summed E-state index contributed by atoms with van der Waals surface area (Å²) in [4.78, 5) is 35.9. The number of nitrogens with one attached hydrogen (secondary N) is 2. The molecule has 0 aromatic carbocycles. The van der Waals surface area contributed by atoms with Gasteiger partial charge in [-0.05, 0) is 38.6 Å². The summed E-state index contributed by atoms with van der Waals surface area (Å²) >= 11 is 0. The molecule has 1 aromatic rings. The lowest BCUT2D eigenvalue weighted by Crippen LogP contribution is -2.50. The van der Waals surface area contributed by atoms with Gasteiger partial charge in [-0.2, -0.15) is 0 Å². The maximum atomic E-state index is 12.7. The first kappa shape index (κ1) is 19.1. The van der Waals surface area contributed by atoms with Gasteiger partial charge in [0.2, 0.25) is 11.8 Å². The highest BCUT2D eigenvalue weighted by Gasteiger charge is 2.40. The second-order valence-corrected chi connectivity index (χ2v) is 7.95. The lowest BCUT2D eigenvalue weighted by molar-refractivity contribution is -0.131. The van der Waals surface area contributed by atoms with Crippen molar-refractivity contribution in [3.8, 4) is 0 Å². The Balaban J connectivity index is 1.27. The Labute approximate surface area is 166 Å². The molecule has 152 valence electrons. The maximum absolute atomic E-state index is 12.7. The molecule has 3 fully saturated rings. The summed E-state index contributed by atoms with van der Waals surface area (Å²) in [6, 6.07) is 6.23. The number of hydrogen-bond acceptors (Lipinski definition) is 6. The smallest absolute Gasteiger partial charge is 0.238 e. The van der Waals surface area contributed by atoms with Crippen molar-refractivity contribution in [3.05, 3.63) is 24.4 Å². The van der Waals surface area contributed by atoms with Crippen LogP contribution in [-0.4, -0.2) is 91.0 Å². The molecule has 8 heteroatoms. The highest BCUT2D eigenvalue weighted by atomic mass is 16.2. The van der Waals surface area contributed by atoms with Gasteiger partial charge in [0.1, 0.15) is 11.9 Å². The maximum Gasteiger partial charge on any atom is 0.238 e. The predicted octanol–water partition coefficient (Wildman–Crippen LogP) is -0.329. The van der Waals surface area contributed by atoms with E-state index in [2.05, 4.69) is 32.5 Å². The highest BCUT2D eigenvalue weighted by molar-refractivity contribution is 5.83. The fourth-order valence-corrected chi connectivity index (χ4v) is 4.62. The number of anilines is 1. The Hall–Kier alpha value is -2.19. The normalized spacial score (nSPS) is 28.6. The Morgan fingerprint density at radius 3 is 2.82 bits per heavy atom. The fraction of sp³-hybridized carbons (Fsp3) is 0.650. The molecule has 2 amide bonds. The summed E-state index contributed by atoms with van der Waals surface area (Å²) in [7, 11) is 2.09. The lowest BCUT2D eigenvalue weighted by Gasteiger charge is -2.36. The van der Waals surface area contributed by atoms with Gasteiger partial charge in [-0.25, -0.2) is 4.98 Å². The van der Waals surface area contributed by atoms with Crippen molar-refractivity contribution >= 4 is 17.6 Å². The second-order valence-electron chi connectivity index (χ2n) is 7.95. The Morgan fingerprint density at radius 1 is 1.25 bits per heavy atom. The number of nitrogens with zero attached hydrogens (tertiary/aromatic N) is 4. The van der Waals surface area contributed by atoms with Crippen LogP contribution in [0.5, 0.6) is 0 Å². The minimum Gasteiger partial charge on any atom is -0.353 e. The van der Waals surface area contributed by atoms with E-state index in [1.165, 1.54) is 0 Å². The number of aromatic nitrogens is 1. The summed E-state index contributed by atoms with van der Waals surface area (Å²) < 4.78 is 0. The average Bonchev–Trinajstić information content (AvgIpc) is 3.20. The number of likely N-dealkylation sites (N-methyl/N-ethyl adjacent to an activating group) is 1. The minimum absolute atomic E-state index is 0.0915. The first-order chi connectivity index (χ1) is 13.6. The number of rotatable bonds is 4. The van der Waals surface area contributed by atoms with Crippen LogP contribution >= 0.6 is 0 Å². The molecule has 0 bridgehead atoms. The molecular weight excluding hydrogens is 356 g/mol. The number of fused-ring (bicyclic) bond motifs is 1. The van der Waals surface area contributed by atoms with Crippen molar-refractivity contribution in [1.82, 2.24) is 25.4 Å². The third-order valence-electron chi connectivity index (χ3n) is 6.38. The van der Waals surface area contributed by atoms with E-state index < -0.39 is 0 Å². The van der Waals surface area contributed by atoms with Crippen LogP contribution in [0.2, 0.25) is 0 Å². The molecule has 4 heterocycles. The number of carbonyl (C=O) groups excluding carboxylic acids is 2. The first-order valence-electron chi connectivity index (χ1n) is 10.3. The van der Waals surface area contributed by atoms with Crippen LogP contribution in [-0.2, 0) is 9.59 Å². The number of pyridine rings is 1. The number of hydrogen-bond donors (Lipinski definition) is 2. The Kier molecular flexibility index (Phi) is 5.77. The van der Waals surface area contributed by atoms with Crippen molar-refractivity contribution in [2.24, 2.45) is 0 Å². The van der Waals surface area contributed by atoms with E-state index in [-0.39, 0.29) is 29.9 Å². The summed E-state index contributed by atoms with van der Waals surface area (Å²) in [6.07, 6.45) is 4.09. The van der Waals surface area contributed by atoms with E-state index in [4.69, 9.17) is 0 Å². The zero-order valence-corrected chi connectivity index (χ0v) is 16.5. The van der Waals surface area contributed by atoms with Gasteiger partial charge in [-0.15, -0.1) is 0 Å². The van der Waals surface area contributed by atoms with Crippen molar-refractivity contribution in [3.63, 3.8) is 0 Å². The lowest BCUT2D eigenvalue weighted by atomic mass is 10.0. The molecule has 0 spiro atoms. The molecule has 3 aliphatic heterocycles. The summed E-state index contributed by atoms with van der Waals surface area (Å²) in [5, 5.41) is 6.34. The van der Waals surface area contributed by atoms with Gasteiger partial charge < -0.3 is 20.4 Å². The molecule has 0 aliphatic carbocycles. The molecule has 8 nitrogen and oxygen atoms in total. The quantitative estimate of drug-likeness (QED) is 0.738. The molecule has 0 saturated carbocycles. The molecule has 3 atom stereocenters. The topological polar surface area (TPSA) is 80.8 Å². The molecule has 3 aliphatic rings. The Bertz CT molecular complexity index is 691. The van der Waals surface area contributed by atoms with Crippen molar-refractivity contribution in [2.75, 3.05) is 51.2 Å². The van der Waals surface area contributed by atoms with Gasteiger partial charge in [0.25, 0.3) is 0 Å². The Morgan fingerprint density at radius 2 is 2.07 bits per heavy atom. The largest absolute Gasteiger partial charge is 0.353 e. The standard InChI is InChI=1S/C20H30N6O2/c1-24-15(14-23-20(28)19-16(24)7-9-22-19)5-6-18(27)26-12-10-25(11-13-26)17-4-2-3-8-21-17/h2-4,8,15-16,19,22H,5-7,9-14H2,1H3,(H,23,28)/t15-,16+,19-/m0/s1. The van der Waals surface area contributed by atoms with Crippen LogP contribution in [0.1, 0.15) is 19.3 Å². The molecule has 4 rings (SSSR count). The minimum atomic E-state index is -0.120. The van der Waals surface area contributed by atoms with Gasteiger partial charge >= 0.3 is 0 Å². The van der Waals surface area contributed by atoms with Crippen LogP contribution in [0.25, 0.3) is 0 Å². The second kappa shape index (κ2) is 8.45. The van der Waals surface area contributed by atoms with Crippen molar-refractivity contribution < 1.29 is 9.59 Å². The van der Waals surface area contributed by atoms with Crippen molar-refractivity contribution in [2.45, 2.75) is 37.4 Å². The van der Waals surface area contributed by atoms with Crippen LogP contribution < -0.4 is 15.5 Å². The zero-order chi connectivity index (χ0) is 19.5. The molecule has 28 heavy (non-hydrogen) atoms. The SMILES string of the molecule is CN1[C@@H](CCC(=O)N2CCN(c3ccccn3)CC2)CNC(=O)[C@H]2NCC[C@H]21. The fourth-order valence-electron chi connectivity index (χ4n) is 4.62. The molecular formula is C20H30N6O2. The molecule has 0 unspecified atom stereocenters. The van der Waals surface area contributed by atoms with Crippen LogP contribution in [0.15, 0.2) is 24.4 Å². The third-order valence-corrected chi connectivity index (χ3v) is 6.38. The molecule has 3 saturated heterocycles. The van der Waals surface area contributed by atoms with E-state index in [0.29, 0.717) is 13.0 Å². The van der Waals surface area contributed by atoms with Gasteiger partial charge in [0.05, 0.1) is 0 Å². The monoisotopic (exact) mass is 386 g/mol. The first-order valence-corrected chi connectivity index (χ1v) is 10.3. The number of carbonyl (C=O) groups is 2. The number of piperazine rings is 1. The third kappa shape index (κ3) is 3.98. The predicted molar refractivity (Wildman–Crippen MR) is 107 cm³/mol. The summed E-state index contributed by atoms with van der Waals surface area (Å²) in [5.74, 6) is 1.28. The van der Waals surface area contributed by atoms with Crippen molar-refractivity contribution in [1.29, 1.82) is 0 Å². The van der Waals surface area contributed by atoms with Gasteiger partial charge in [-0.3, -0.25) is 14.5 Å². The summed E-state index contributed by atoms with van der Waals surface area (Å²) in [6.45, 7) is 4.60. The number of amides is 2. The zero-order valence-electron chi connectivity index (χ0n) is 16.5. The molecule has 2 N–H and O–H groups in total. The van der Waals surface area contributed by atoms with Crippen LogP contribution in [0, 0.1) is 0 Å². The van der Waals surface area contributed by atoms with Gasteiger partial charge in [0.15, 0.2) is 0 Å². The summed E-state index contributed by atoms with van der Waals surface area (Å²) in [5.41, 5.74) is 0. The van der Waals surface area contributed by atoms with E-state index >= 15 is 0 Å². The highest BCUT2D eigenvalue weighted by Crippen LogP contribution is 2.21. The van der Waals surface area contributed by atoms with Crippen LogP contribution in [0.3, 0.4) is 0 Å². The van der Waals surface area contributed by atoms with E-state index in [1.54, 1.807) is 6.20 Å². The molecule has 0 radical (unpaired) electrons. The average molecular weight is 387 g/mol. The van der Waals surface area contributed by atoms with E-state index in [9.17, 15) is 9.59 Å². The van der Waals surface area contributed by atoms with E-state index in [1.807, 2.05) is 23.1 Å². The van der Waals surface area contributed by atoms with Crippen LogP contribution in [0.4, 0.5) is 5.82 Å². The van der Waals surface area contributed by atoms with Gasteiger partial charge in [0, 0.05) is 57.4 Å². The van der Waals surface area contributed by atoms with Gasteiger partial charge in [-0.1, -0.05) is 6.07 Å². The molecule has 1 aromatic heterocycles.